The number of ether oxygens (including phenoxy) is 1. The summed E-state index contributed by atoms with van der Waals surface area (Å²) in [5.74, 6) is -1.29. The summed E-state index contributed by atoms with van der Waals surface area (Å²) in [5.41, 5.74) is 3.09. The number of hydrogen-bond acceptors (Lipinski definition) is 4. The fraction of sp³-hybridized carbons (Fsp3) is 0.423. The normalized spacial score (nSPS) is 15.5. The number of rotatable bonds is 8. The number of nitro groups is 1. The zero-order chi connectivity index (χ0) is 23.5. The van der Waals surface area contributed by atoms with Crippen molar-refractivity contribution in [1.82, 2.24) is 4.57 Å². The van der Waals surface area contributed by atoms with Crippen molar-refractivity contribution in [3.63, 3.8) is 0 Å². The Labute approximate surface area is 193 Å². The van der Waals surface area contributed by atoms with E-state index in [1.807, 2.05) is 36.5 Å². The van der Waals surface area contributed by atoms with Crippen molar-refractivity contribution < 1.29 is 19.6 Å². The van der Waals surface area contributed by atoms with Crippen molar-refractivity contribution in [3.05, 3.63) is 58.3 Å². The summed E-state index contributed by atoms with van der Waals surface area (Å²) in [6.45, 7) is 4.55. The Bertz CT molecular complexity index is 1180. The molecule has 0 aliphatic heterocycles. The molecule has 0 radical (unpaired) electrons. The first kappa shape index (κ1) is 22.8. The van der Waals surface area contributed by atoms with Gasteiger partial charge in [-0.2, -0.15) is 0 Å². The van der Waals surface area contributed by atoms with E-state index in [0.717, 1.165) is 55.1 Å². The molecule has 1 aliphatic rings. The van der Waals surface area contributed by atoms with Crippen LogP contribution >= 0.6 is 0 Å². The van der Waals surface area contributed by atoms with Gasteiger partial charge < -0.3 is 14.4 Å². The zero-order valence-corrected chi connectivity index (χ0v) is 19.1. The molecule has 0 spiro atoms. The monoisotopic (exact) mass is 450 g/mol. The van der Waals surface area contributed by atoms with Crippen LogP contribution in [0.2, 0.25) is 0 Å². The first-order valence-corrected chi connectivity index (χ1v) is 11.7. The van der Waals surface area contributed by atoms with E-state index in [-0.39, 0.29) is 24.0 Å². The Kier molecular flexibility index (Phi) is 6.67. The summed E-state index contributed by atoms with van der Waals surface area (Å²) in [7, 11) is 0. The highest BCUT2D eigenvalue weighted by molar-refractivity contribution is 5.88. The molecule has 1 aliphatic carbocycles. The Hall–Kier alpha value is -3.35. The number of aryl methyl sites for hydroxylation is 1. The van der Waals surface area contributed by atoms with Gasteiger partial charge in [-0.15, -0.1) is 0 Å². The molecule has 1 N–H and O–H groups in total. The maximum atomic E-state index is 12.1. The smallest absolute Gasteiger partial charge is 0.311 e. The van der Waals surface area contributed by atoms with Crippen LogP contribution in [0.25, 0.3) is 22.0 Å². The predicted molar refractivity (Wildman–Crippen MR) is 128 cm³/mol. The third kappa shape index (κ3) is 4.87. The number of carboxylic acid groups (broad SMARTS) is 1. The minimum atomic E-state index is -0.927. The first-order chi connectivity index (χ1) is 15.9. The van der Waals surface area contributed by atoms with E-state index in [0.29, 0.717) is 11.1 Å². The van der Waals surface area contributed by atoms with Gasteiger partial charge in [-0.25, -0.2) is 0 Å². The third-order valence-electron chi connectivity index (χ3n) is 6.55. The van der Waals surface area contributed by atoms with Gasteiger partial charge in [0.15, 0.2) is 0 Å². The number of carboxylic acids is 1. The molecule has 1 unspecified atom stereocenters. The second-order valence-electron chi connectivity index (χ2n) is 8.95. The molecular formula is C26H30N2O5. The molecule has 1 atom stereocenters. The van der Waals surface area contributed by atoms with Crippen molar-refractivity contribution in [2.24, 2.45) is 5.92 Å². The number of carbonyl (C=O) groups is 1. The highest BCUT2D eigenvalue weighted by Crippen LogP contribution is 2.42. The fourth-order valence-corrected chi connectivity index (χ4v) is 4.70. The lowest BCUT2D eigenvalue weighted by Gasteiger charge is -2.24. The Balaban J connectivity index is 1.85. The second-order valence-corrected chi connectivity index (χ2v) is 8.95. The lowest BCUT2D eigenvalue weighted by Crippen LogP contribution is -2.20. The summed E-state index contributed by atoms with van der Waals surface area (Å²) < 4.78 is 8.46. The lowest BCUT2D eigenvalue weighted by molar-refractivity contribution is -0.386. The molecular weight excluding hydrogens is 420 g/mol. The van der Waals surface area contributed by atoms with E-state index >= 15 is 0 Å². The van der Waals surface area contributed by atoms with Gasteiger partial charge in [0.25, 0.3) is 0 Å². The Morgan fingerprint density at radius 3 is 2.64 bits per heavy atom. The number of hydrogen-bond donors (Lipinski definition) is 1. The van der Waals surface area contributed by atoms with Crippen LogP contribution in [0, 0.1) is 16.0 Å². The number of nitro benzene ring substituents is 1. The maximum Gasteiger partial charge on any atom is 0.311 e. The van der Waals surface area contributed by atoms with Gasteiger partial charge >= 0.3 is 11.7 Å². The molecule has 3 aromatic rings. The number of benzene rings is 2. The van der Waals surface area contributed by atoms with Gasteiger partial charge in [-0.3, -0.25) is 14.9 Å². The molecule has 4 rings (SSSR count). The largest absolute Gasteiger partial charge is 0.483 e. The van der Waals surface area contributed by atoms with Crippen molar-refractivity contribution in [1.29, 1.82) is 0 Å². The molecule has 0 bridgehead atoms. The molecule has 0 amide bonds. The van der Waals surface area contributed by atoms with E-state index in [9.17, 15) is 20.0 Å². The lowest BCUT2D eigenvalue weighted by atomic mass is 9.94. The summed E-state index contributed by atoms with van der Waals surface area (Å²) in [4.78, 5) is 23.1. The Morgan fingerprint density at radius 2 is 1.97 bits per heavy atom. The molecule has 0 saturated heterocycles. The SMILES string of the molecule is CCn1ccc2cc(-c3cc(CC(C)C(=O)O)cc([N+](=O)[O-])c3OC3CCCCC3)ccc21. The van der Waals surface area contributed by atoms with Crippen molar-refractivity contribution >= 4 is 22.6 Å². The molecule has 1 heterocycles. The second kappa shape index (κ2) is 9.65. The van der Waals surface area contributed by atoms with Crippen LogP contribution in [0.15, 0.2) is 42.6 Å². The molecule has 7 nitrogen and oxygen atoms in total. The topological polar surface area (TPSA) is 94.6 Å². The van der Waals surface area contributed by atoms with E-state index in [4.69, 9.17) is 4.74 Å². The van der Waals surface area contributed by atoms with Crippen LogP contribution in [0.3, 0.4) is 0 Å². The summed E-state index contributed by atoms with van der Waals surface area (Å²) in [6.07, 6.45) is 7.22. The predicted octanol–water partition coefficient (Wildman–Crippen LogP) is 6.21. The van der Waals surface area contributed by atoms with Gasteiger partial charge in [0.2, 0.25) is 5.75 Å². The summed E-state index contributed by atoms with van der Waals surface area (Å²) in [6, 6.07) is 11.4. The Morgan fingerprint density at radius 1 is 1.21 bits per heavy atom. The van der Waals surface area contributed by atoms with Gasteiger partial charge in [0.1, 0.15) is 0 Å². The average molecular weight is 451 g/mol. The molecule has 1 aromatic heterocycles. The van der Waals surface area contributed by atoms with Crippen molar-refractivity contribution in [2.45, 2.75) is 65.0 Å². The van der Waals surface area contributed by atoms with E-state index < -0.39 is 16.8 Å². The minimum absolute atomic E-state index is 0.0510. The molecule has 1 saturated carbocycles. The molecule has 33 heavy (non-hydrogen) atoms. The zero-order valence-electron chi connectivity index (χ0n) is 19.1. The number of aromatic nitrogens is 1. The quantitative estimate of drug-likeness (QED) is 0.325. The van der Waals surface area contributed by atoms with Crippen LogP contribution in [0.5, 0.6) is 5.75 Å². The summed E-state index contributed by atoms with van der Waals surface area (Å²) in [5, 5.41) is 22.5. The van der Waals surface area contributed by atoms with Gasteiger partial charge in [-0.05, 0) is 74.4 Å². The molecule has 2 aromatic carbocycles. The van der Waals surface area contributed by atoms with Crippen LogP contribution in [0.4, 0.5) is 5.69 Å². The fourth-order valence-electron chi connectivity index (χ4n) is 4.70. The summed E-state index contributed by atoms with van der Waals surface area (Å²) >= 11 is 0. The van der Waals surface area contributed by atoms with E-state index in [2.05, 4.69) is 11.5 Å². The third-order valence-corrected chi connectivity index (χ3v) is 6.55. The van der Waals surface area contributed by atoms with Crippen LogP contribution in [-0.4, -0.2) is 26.7 Å². The minimum Gasteiger partial charge on any atom is -0.483 e. The van der Waals surface area contributed by atoms with Crippen LogP contribution in [0.1, 0.15) is 51.5 Å². The van der Waals surface area contributed by atoms with E-state index in [1.165, 1.54) is 6.07 Å². The standard InChI is InChI=1S/C26H30N2O5/c1-3-27-12-11-20-16-19(9-10-23(20)27)22-14-18(13-17(2)26(29)30)15-24(28(31)32)25(22)33-21-7-5-4-6-8-21/h9-12,14-17,21H,3-8,13H2,1-2H3,(H,29,30). The number of nitrogens with zero attached hydrogens (tertiary/aromatic N) is 2. The van der Waals surface area contributed by atoms with Gasteiger partial charge in [0, 0.05) is 35.3 Å². The van der Waals surface area contributed by atoms with Gasteiger partial charge in [0.05, 0.1) is 16.9 Å². The number of aliphatic carboxylic acids is 1. The van der Waals surface area contributed by atoms with E-state index in [1.54, 1.807) is 6.92 Å². The molecule has 1 fully saturated rings. The van der Waals surface area contributed by atoms with Crippen LogP contribution < -0.4 is 4.74 Å². The molecule has 174 valence electrons. The maximum absolute atomic E-state index is 12.1. The molecule has 7 heteroatoms. The first-order valence-electron chi connectivity index (χ1n) is 11.7. The van der Waals surface area contributed by atoms with Crippen LogP contribution in [-0.2, 0) is 17.8 Å². The van der Waals surface area contributed by atoms with Crippen molar-refractivity contribution in [2.75, 3.05) is 0 Å². The van der Waals surface area contributed by atoms with Gasteiger partial charge in [-0.1, -0.05) is 19.4 Å². The highest BCUT2D eigenvalue weighted by Gasteiger charge is 2.27. The number of fused-ring (bicyclic) bond motifs is 1. The highest BCUT2D eigenvalue weighted by atomic mass is 16.6. The van der Waals surface area contributed by atoms with Crippen molar-refractivity contribution in [3.8, 4) is 16.9 Å². The average Bonchev–Trinajstić information content (AvgIpc) is 3.22.